The molecule has 0 atom stereocenters. The molecule has 23 heavy (non-hydrogen) atoms. The van der Waals surface area contributed by atoms with Gasteiger partial charge in [-0.3, -0.25) is 9.78 Å². The first-order valence-electron chi connectivity index (χ1n) is 8.02. The van der Waals surface area contributed by atoms with Crippen molar-refractivity contribution in [2.24, 2.45) is 5.92 Å². The molecule has 0 aliphatic carbocycles. The summed E-state index contributed by atoms with van der Waals surface area (Å²) >= 11 is 0. The van der Waals surface area contributed by atoms with Crippen molar-refractivity contribution in [2.45, 2.75) is 39.2 Å². The molecule has 0 aromatic carbocycles. The molecule has 1 fully saturated rings. The lowest BCUT2D eigenvalue weighted by Crippen LogP contribution is -2.43. The average Bonchev–Trinajstić information content (AvgIpc) is 2.52. The van der Waals surface area contributed by atoms with E-state index in [2.05, 4.69) is 10.3 Å². The predicted molar refractivity (Wildman–Crippen MR) is 87.1 cm³/mol. The molecule has 6 nitrogen and oxygen atoms in total. The monoisotopic (exact) mass is 319 g/mol. The number of amides is 2. The van der Waals surface area contributed by atoms with Crippen LogP contribution in [-0.2, 0) is 4.74 Å². The van der Waals surface area contributed by atoms with Crippen LogP contribution < -0.4 is 5.32 Å². The molecule has 2 rings (SSSR count). The van der Waals surface area contributed by atoms with E-state index in [1.165, 1.54) is 0 Å². The van der Waals surface area contributed by atoms with Gasteiger partial charge in [0.25, 0.3) is 5.91 Å². The first-order chi connectivity index (χ1) is 10.8. The number of nitrogens with zero attached hydrogens (tertiary/aromatic N) is 2. The highest BCUT2D eigenvalue weighted by Crippen LogP contribution is 2.19. The summed E-state index contributed by atoms with van der Waals surface area (Å²) < 4.78 is 5.38. The zero-order chi connectivity index (χ0) is 16.9. The minimum absolute atomic E-state index is 0.153. The van der Waals surface area contributed by atoms with Gasteiger partial charge in [-0.15, -0.1) is 0 Å². The van der Waals surface area contributed by atoms with Crippen molar-refractivity contribution in [1.29, 1.82) is 0 Å². The number of hydrogen-bond acceptors (Lipinski definition) is 4. The zero-order valence-corrected chi connectivity index (χ0v) is 14.0. The normalized spacial score (nSPS) is 16.0. The number of ether oxygens (including phenoxy) is 1. The standard InChI is InChI=1S/C17H25N3O3/c1-17(2,3)23-16(22)20-10-7-13(8-11-20)12-19-15(21)14-6-4-5-9-18-14/h4-6,9,13H,7-8,10-12H2,1-3H3,(H,19,21). The Balaban J connectivity index is 1.73. The van der Waals surface area contributed by atoms with Gasteiger partial charge in [-0.25, -0.2) is 4.79 Å². The van der Waals surface area contributed by atoms with Crippen molar-refractivity contribution in [3.05, 3.63) is 30.1 Å². The second-order valence-electron chi connectivity index (χ2n) is 6.84. The molecular weight excluding hydrogens is 294 g/mol. The van der Waals surface area contributed by atoms with Crippen LogP contribution in [0.15, 0.2) is 24.4 Å². The highest BCUT2D eigenvalue weighted by Gasteiger charge is 2.27. The topological polar surface area (TPSA) is 71.5 Å². The van der Waals surface area contributed by atoms with Crippen molar-refractivity contribution >= 4 is 12.0 Å². The molecule has 1 aromatic heterocycles. The van der Waals surface area contributed by atoms with E-state index in [1.54, 1.807) is 29.3 Å². The zero-order valence-electron chi connectivity index (χ0n) is 14.0. The lowest BCUT2D eigenvalue weighted by molar-refractivity contribution is 0.0183. The molecule has 1 aromatic rings. The number of nitrogens with one attached hydrogen (secondary N) is 1. The van der Waals surface area contributed by atoms with Crippen LogP contribution >= 0.6 is 0 Å². The SMILES string of the molecule is CC(C)(C)OC(=O)N1CCC(CNC(=O)c2ccccn2)CC1. The van der Waals surface area contributed by atoms with Gasteiger partial charge in [0.05, 0.1) is 0 Å². The van der Waals surface area contributed by atoms with Gasteiger partial charge in [0.2, 0.25) is 0 Å². The number of hydrogen-bond donors (Lipinski definition) is 1. The number of rotatable bonds is 3. The smallest absolute Gasteiger partial charge is 0.410 e. The molecule has 6 heteroatoms. The third-order valence-electron chi connectivity index (χ3n) is 3.72. The Kier molecular flexibility index (Phi) is 5.58. The van der Waals surface area contributed by atoms with Crippen LogP contribution in [0.2, 0.25) is 0 Å². The number of likely N-dealkylation sites (tertiary alicyclic amines) is 1. The summed E-state index contributed by atoms with van der Waals surface area (Å²) in [4.78, 5) is 29.7. The molecule has 1 aliphatic heterocycles. The van der Waals surface area contributed by atoms with Gasteiger partial charge in [0.1, 0.15) is 11.3 Å². The van der Waals surface area contributed by atoms with Gasteiger partial charge in [-0.05, 0) is 51.7 Å². The third-order valence-corrected chi connectivity index (χ3v) is 3.72. The van der Waals surface area contributed by atoms with Crippen molar-refractivity contribution < 1.29 is 14.3 Å². The molecule has 0 radical (unpaired) electrons. The average molecular weight is 319 g/mol. The summed E-state index contributed by atoms with van der Waals surface area (Å²) in [5.74, 6) is 0.224. The van der Waals surface area contributed by atoms with Crippen LogP contribution in [0.25, 0.3) is 0 Å². The lowest BCUT2D eigenvalue weighted by Gasteiger charge is -2.33. The van der Waals surface area contributed by atoms with Crippen LogP contribution in [-0.4, -0.2) is 47.1 Å². The molecule has 1 aliphatic rings. The number of aromatic nitrogens is 1. The molecule has 1 saturated heterocycles. The summed E-state index contributed by atoms with van der Waals surface area (Å²) in [7, 11) is 0. The highest BCUT2D eigenvalue weighted by molar-refractivity contribution is 5.92. The van der Waals surface area contributed by atoms with E-state index in [1.807, 2.05) is 20.8 Å². The van der Waals surface area contributed by atoms with Gasteiger partial charge in [0.15, 0.2) is 0 Å². The Bertz CT molecular complexity index is 532. The molecule has 2 amide bonds. The summed E-state index contributed by atoms with van der Waals surface area (Å²) in [6.45, 7) is 7.54. The Hall–Kier alpha value is -2.11. The molecule has 0 unspecified atom stereocenters. The predicted octanol–water partition coefficient (Wildman–Crippen LogP) is 2.46. The second-order valence-corrected chi connectivity index (χ2v) is 6.84. The number of piperidine rings is 1. The Labute approximate surface area is 137 Å². The van der Waals surface area contributed by atoms with E-state index >= 15 is 0 Å². The fourth-order valence-corrected chi connectivity index (χ4v) is 2.47. The van der Waals surface area contributed by atoms with Crippen molar-refractivity contribution in [3.63, 3.8) is 0 Å². The van der Waals surface area contributed by atoms with Crippen LogP contribution in [0.4, 0.5) is 4.79 Å². The lowest BCUT2D eigenvalue weighted by atomic mass is 9.97. The maximum atomic E-state index is 12.0. The quantitative estimate of drug-likeness (QED) is 0.929. The van der Waals surface area contributed by atoms with Crippen molar-refractivity contribution in [1.82, 2.24) is 15.2 Å². The molecule has 2 heterocycles. The minimum Gasteiger partial charge on any atom is -0.444 e. The summed E-state index contributed by atoms with van der Waals surface area (Å²) in [6.07, 6.45) is 3.08. The summed E-state index contributed by atoms with van der Waals surface area (Å²) in [5, 5.41) is 2.91. The third kappa shape index (κ3) is 5.54. The highest BCUT2D eigenvalue weighted by atomic mass is 16.6. The van der Waals surface area contributed by atoms with Crippen LogP contribution in [0, 0.1) is 5.92 Å². The van der Waals surface area contributed by atoms with Crippen molar-refractivity contribution in [2.75, 3.05) is 19.6 Å². The summed E-state index contributed by atoms with van der Waals surface area (Å²) in [5.41, 5.74) is -0.0383. The Morgan fingerprint density at radius 2 is 2.00 bits per heavy atom. The van der Waals surface area contributed by atoms with Crippen LogP contribution in [0.3, 0.4) is 0 Å². The fraction of sp³-hybridized carbons (Fsp3) is 0.588. The maximum absolute atomic E-state index is 12.0. The molecule has 0 bridgehead atoms. The van der Waals surface area contributed by atoms with Crippen LogP contribution in [0.5, 0.6) is 0 Å². The largest absolute Gasteiger partial charge is 0.444 e. The number of carbonyl (C=O) groups excluding carboxylic acids is 2. The van der Waals surface area contributed by atoms with E-state index in [4.69, 9.17) is 4.74 Å². The maximum Gasteiger partial charge on any atom is 0.410 e. The van der Waals surface area contributed by atoms with Gasteiger partial charge in [-0.1, -0.05) is 6.07 Å². The molecule has 0 saturated carbocycles. The number of carbonyl (C=O) groups is 2. The number of pyridine rings is 1. The van der Waals surface area contributed by atoms with Gasteiger partial charge in [0, 0.05) is 25.8 Å². The molecular formula is C17H25N3O3. The van der Waals surface area contributed by atoms with Gasteiger partial charge < -0.3 is 15.0 Å². The van der Waals surface area contributed by atoms with Gasteiger partial charge in [-0.2, -0.15) is 0 Å². The Morgan fingerprint density at radius 1 is 1.30 bits per heavy atom. The van der Waals surface area contributed by atoms with E-state index in [-0.39, 0.29) is 12.0 Å². The minimum atomic E-state index is -0.468. The van der Waals surface area contributed by atoms with Crippen molar-refractivity contribution in [3.8, 4) is 0 Å². The van der Waals surface area contributed by atoms with E-state index in [0.717, 1.165) is 12.8 Å². The van der Waals surface area contributed by atoms with Gasteiger partial charge >= 0.3 is 6.09 Å². The molecule has 126 valence electrons. The van der Waals surface area contributed by atoms with E-state index < -0.39 is 5.60 Å². The fourth-order valence-electron chi connectivity index (χ4n) is 2.47. The first-order valence-corrected chi connectivity index (χ1v) is 8.02. The van der Waals surface area contributed by atoms with Crippen LogP contribution in [0.1, 0.15) is 44.1 Å². The summed E-state index contributed by atoms with van der Waals surface area (Å²) in [6, 6.07) is 5.27. The first kappa shape index (κ1) is 17.2. The molecule has 1 N–H and O–H groups in total. The molecule has 0 spiro atoms. The second kappa shape index (κ2) is 7.44. The Morgan fingerprint density at radius 3 is 2.57 bits per heavy atom. The van der Waals surface area contributed by atoms with E-state index in [0.29, 0.717) is 31.2 Å². The van der Waals surface area contributed by atoms with E-state index in [9.17, 15) is 9.59 Å².